The molecule has 1 unspecified atom stereocenters. The molecular weight excluding hydrogens is 256 g/mol. The van der Waals surface area contributed by atoms with Crippen molar-refractivity contribution in [1.82, 2.24) is 10.6 Å². The Hall–Kier alpha value is -1.88. The molecule has 1 atom stereocenters. The fraction of sp³-hybridized carbons (Fsp3) is 0.467. The fourth-order valence-corrected chi connectivity index (χ4v) is 1.73. The summed E-state index contributed by atoms with van der Waals surface area (Å²) in [5.74, 6) is -0.501. The Bertz CT molecular complexity index is 420. The van der Waals surface area contributed by atoms with E-state index in [0.717, 1.165) is 12.0 Å². The molecular formula is C15H22N2O3. The van der Waals surface area contributed by atoms with Gasteiger partial charge in [0.2, 0.25) is 5.91 Å². The van der Waals surface area contributed by atoms with E-state index in [1.165, 1.54) is 0 Å². The normalized spacial score (nSPS) is 11.7. The van der Waals surface area contributed by atoms with Crippen LogP contribution in [0.5, 0.6) is 0 Å². The lowest BCUT2D eigenvalue weighted by Crippen LogP contribution is -2.39. The Kier molecular flexibility index (Phi) is 7.35. The minimum absolute atomic E-state index is 0.0817. The molecule has 0 aliphatic heterocycles. The highest BCUT2D eigenvalue weighted by Crippen LogP contribution is 2.13. The van der Waals surface area contributed by atoms with E-state index >= 15 is 0 Å². The van der Waals surface area contributed by atoms with E-state index in [0.29, 0.717) is 13.2 Å². The largest absolute Gasteiger partial charge is 0.465 e. The van der Waals surface area contributed by atoms with Gasteiger partial charge >= 0.3 is 5.97 Å². The molecule has 0 spiro atoms. The van der Waals surface area contributed by atoms with Gasteiger partial charge in [0.25, 0.3) is 0 Å². The molecule has 0 aliphatic carbocycles. The third-order valence-electron chi connectivity index (χ3n) is 2.69. The van der Waals surface area contributed by atoms with E-state index in [1.54, 1.807) is 6.92 Å². The molecule has 0 saturated heterocycles. The van der Waals surface area contributed by atoms with Crippen LogP contribution in [0.25, 0.3) is 0 Å². The number of carbonyl (C=O) groups is 2. The second-order valence-electron chi connectivity index (χ2n) is 4.33. The quantitative estimate of drug-likeness (QED) is 0.706. The lowest BCUT2D eigenvalue weighted by Gasteiger charge is -2.17. The maximum Gasteiger partial charge on any atom is 0.327 e. The smallest absolute Gasteiger partial charge is 0.327 e. The summed E-state index contributed by atoms with van der Waals surface area (Å²) in [5.41, 5.74) is 0.786. The molecule has 0 bridgehead atoms. The molecule has 0 aliphatic rings. The lowest BCUT2D eigenvalue weighted by molar-refractivity contribution is -0.145. The predicted octanol–water partition coefficient (Wildman–Crippen LogP) is 1.41. The van der Waals surface area contributed by atoms with E-state index in [-0.39, 0.29) is 18.4 Å². The average Bonchev–Trinajstić information content (AvgIpc) is 2.46. The van der Waals surface area contributed by atoms with Crippen molar-refractivity contribution in [1.29, 1.82) is 0 Å². The number of esters is 1. The Balaban J connectivity index is 2.64. The minimum atomic E-state index is -0.622. The predicted molar refractivity (Wildman–Crippen MR) is 77.1 cm³/mol. The van der Waals surface area contributed by atoms with Crippen LogP contribution in [0.2, 0.25) is 0 Å². The second-order valence-corrected chi connectivity index (χ2v) is 4.33. The van der Waals surface area contributed by atoms with Crippen molar-refractivity contribution in [3.05, 3.63) is 35.9 Å². The van der Waals surface area contributed by atoms with Crippen LogP contribution < -0.4 is 10.6 Å². The standard InChI is InChI=1S/C15H22N2O3/c1-3-10-16-13(18)11-17-14(15(19)20-4-2)12-8-6-5-7-9-12/h5-9,14,17H,3-4,10-11H2,1-2H3,(H,16,18). The molecule has 1 aromatic carbocycles. The van der Waals surface area contributed by atoms with E-state index in [4.69, 9.17) is 4.74 Å². The van der Waals surface area contributed by atoms with Gasteiger partial charge in [-0.25, -0.2) is 4.79 Å². The van der Waals surface area contributed by atoms with E-state index in [1.807, 2.05) is 37.3 Å². The number of rotatable bonds is 8. The highest BCUT2D eigenvalue weighted by Gasteiger charge is 2.21. The summed E-state index contributed by atoms with van der Waals surface area (Å²) in [4.78, 5) is 23.5. The summed E-state index contributed by atoms with van der Waals surface area (Å²) in [6.07, 6.45) is 0.881. The lowest BCUT2D eigenvalue weighted by atomic mass is 10.1. The maximum atomic E-state index is 12.0. The van der Waals surface area contributed by atoms with Gasteiger partial charge in [-0.1, -0.05) is 37.3 Å². The van der Waals surface area contributed by atoms with Crippen molar-refractivity contribution in [2.24, 2.45) is 0 Å². The van der Waals surface area contributed by atoms with Gasteiger partial charge in [-0.3, -0.25) is 10.1 Å². The van der Waals surface area contributed by atoms with Crippen LogP contribution in [0, 0.1) is 0 Å². The van der Waals surface area contributed by atoms with Crippen LogP contribution in [-0.4, -0.2) is 31.6 Å². The van der Waals surface area contributed by atoms with Crippen molar-refractivity contribution in [3.63, 3.8) is 0 Å². The molecule has 1 rings (SSSR count). The van der Waals surface area contributed by atoms with Gasteiger partial charge in [-0.2, -0.15) is 0 Å². The van der Waals surface area contributed by atoms with Crippen molar-refractivity contribution in [3.8, 4) is 0 Å². The number of hydrogen-bond acceptors (Lipinski definition) is 4. The van der Waals surface area contributed by atoms with Crippen LogP contribution in [-0.2, 0) is 14.3 Å². The Morgan fingerprint density at radius 3 is 2.50 bits per heavy atom. The molecule has 0 aromatic heterocycles. The van der Waals surface area contributed by atoms with Crippen molar-refractivity contribution in [2.45, 2.75) is 26.3 Å². The van der Waals surface area contributed by atoms with Crippen LogP contribution in [0.15, 0.2) is 30.3 Å². The van der Waals surface area contributed by atoms with E-state index in [9.17, 15) is 9.59 Å². The molecule has 0 saturated carbocycles. The van der Waals surface area contributed by atoms with Gasteiger partial charge in [0.05, 0.1) is 13.2 Å². The average molecular weight is 278 g/mol. The van der Waals surface area contributed by atoms with Gasteiger partial charge in [-0.15, -0.1) is 0 Å². The van der Waals surface area contributed by atoms with Gasteiger partial charge in [0.1, 0.15) is 6.04 Å². The SMILES string of the molecule is CCCNC(=O)CNC(C(=O)OCC)c1ccccc1. The first kappa shape index (κ1) is 16.2. The Morgan fingerprint density at radius 1 is 1.20 bits per heavy atom. The van der Waals surface area contributed by atoms with Crippen molar-refractivity contribution < 1.29 is 14.3 Å². The number of carbonyl (C=O) groups excluding carboxylic acids is 2. The number of ether oxygens (including phenoxy) is 1. The zero-order valence-electron chi connectivity index (χ0n) is 12.0. The Labute approximate surface area is 119 Å². The number of amides is 1. The summed E-state index contributed by atoms with van der Waals surface area (Å²) in [5, 5.41) is 5.70. The van der Waals surface area contributed by atoms with Crippen LogP contribution in [0.1, 0.15) is 31.9 Å². The molecule has 1 aromatic rings. The topological polar surface area (TPSA) is 67.4 Å². The van der Waals surface area contributed by atoms with Gasteiger partial charge < -0.3 is 10.1 Å². The monoisotopic (exact) mass is 278 g/mol. The molecule has 110 valence electrons. The number of nitrogens with one attached hydrogen (secondary N) is 2. The third kappa shape index (κ3) is 5.40. The molecule has 1 amide bonds. The van der Waals surface area contributed by atoms with E-state index in [2.05, 4.69) is 10.6 Å². The summed E-state index contributed by atoms with van der Waals surface area (Å²) in [7, 11) is 0. The third-order valence-corrected chi connectivity index (χ3v) is 2.69. The van der Waals surface area contributed by atoms with Crippen LogP contribution in [0.3, 0.4) is 0 Å². The minimum Gasteiger partial charge on any atom is -0.465 e. The molecule has 0 heterocycles. The number of benzene rings is 1. The summed E-state index contributed by atoms with van der Waals surface area (Å²) >= 11 is 0. The van der Waals surface area contributed by atoms with Gasteiger partial charge in [0.15, 0.2) is 0 Å². The number of hydrogen-bond donors (Lipinski definition) is 2. The molecule has 5 heteroatoms. The zero-order valence-corrected chi connectivity index (χ0v) is 12.0. The van der Waals surface area contributed by atoms with Crippen molar-refractivity contribution in [2.75, 3.05) is 19.7 Å². The molecule has 0 fully saturated rings. The summed E-state index contributed by atoms with van der Waals surface area (Å²) < 4.78 is 5.04. The van der Waals surface area contributed by atoms with Crippen molar-refractivity contribution >= 4 is 11.9 Å². The van der Waals surface area contributed by atoms with E-state index < -0.39 is 6.04 Å². The van der Waals surface area contributed by atoms with Crippen LogP contribution >= 0.6 is 0 Å². The second kappa shape index (κ2) is 9.09. The fourth-order valence-electron chi connectivity index (χ4n) is 1.73. The Morgan fingerprint density at radius 2 is 1.90 bits per heavy atom. The highest BCUT2D eigenvalue weighted by molar-refractivity contribution is 5.81. The molecule has 20 heavy (non-hydrogen) atoms. The maximum absolute atomic E-state index is 12.0. The van der Waals surface area contributed by atoms with Gasteiger partial charge in [-0.05, 0) is 18.9 Å². The van der Waals surface area contributed by atoms with Gasteiger partial charge in [0, 0.05) is 6.54 Å². The highest BCUT2D eigenvalue weighted by atomic mass is 16.5. The first-order valence-electron chi connectivity index (χ1n) is 6.90. The molecule has 5 nitrogen and oxygen atoms in total. The first-order valence-corrected chi connectivity index (χ1v) is 6.90. The first-order chi connectivity index (χ1) is 9.69. The summed E-state index contributed by atoms with van der Waals surface area (Å²) in [6, 6.07) is 8.61. The molecule has 2 N–H and O–H groups in total. The zero-order chi connectivity index (χ0) is 14.8. The van der Waals surface area contributed by atoms with Crippen LogP contribution in [0.4, 0.5) is 0 Å². The summed E-state index contributed by atoms with van der Waals surface area (Å²) in [6.45, 7) is 4.77. The molecule has 0 radical (unpaired) electrons.